The number of halogens is 1. The second-order valence-electron chi connectivity index (χ2n) is 5.10. The largest absolute Gasteiger partial charge is 0.461 e. The fraction of sp³-hybridized carbons (Fsp3) is 0.333. The Morgan fingerprint density at radius 2 is 2.27 bits per heavy atom. The van der Waals surface area contributed by atoms with Crippen molar-refractivity contribution in [3.63, 3.8) is 0 Å². The number of benzene rings is 1. The summed E-state index contributed by atoms with van der Waals surface area (Å²) in [5, 5.41) is 3.70. The van der Waals surface area contributed by atoms with Crippen LogP contribution in [0.3, 0.4) is 0 Å². The molecule has 0 aliphatic carbocycles. The Labute approximate surface area is 133 Å². The number of amides is 1. The second-order valence-corrected chi connectivity index (χ2v) is 5.54. The van der Waals surface area contributed by atoms with Crippen molar-refractivity contribution in [2.45, 2.75) is 13.1 Å². The molecule has 1 N–H and O–H groups in total. The third-order valence-electron chi connectivity index (χ3n) is 3.81. The van der Waals surface area contributed by atoms with E-state index in [2.05, 4.69) is 5.32 Å². The summed E-state index contributed by atoms with van der Waals surface area (Å²) in [6.45, 7) is 2.12. The lowest BCUT2D eigenvalue weighted by molar-refractivity contribution is -0.140. The summed E-state index contributed by atoms with van der Waals surface area (Å²) in [4.78, 5) is 27.7. The average molecular weight is 322 g/mol. The van der Waals surface area contributed by atoms with Gasteiger partial charge in [0.2, 0.25) is 5.91 Å². The van der Waals surface area contributed by atoms with E-state index >= 15 is 0 Å². The molecule has 0 spiro atoms. The van der Waals surface area contributed by atoms with E-state index < -0.39 is 5.97 Å². The van der Waals surface area contributed by atoms with Crippen molar-refractivity contribution in [3.8, 4) is 0 Å². The molecule has 1 aromatic carbocycles. The molecular formula is C15H16ClN3O3. The van der Waals surface area contributed by atoms with Crippen molar-refractivity contribution in [1.82, 2.24) is 10.2 Å². The smallest absolute Gasteiger partial charge is 0.356 e. The van der Waals surface area contributed by atoms with Gasteiger partial charge >= 0.3 is 5.97 Å². The number of fused-ring (bicyclic) bond motifs is 3. The molecule has 0 fully saturated rings. The number of likely N-dealkylation sites (N-methyl/N-ethyl adjacent to an activating group) is 1. The Kier molecular flexibility index (Phi) is 3.70. The highest BCUT2D eigenvalue weighted by Gasteiger charge is 2.38. The lowest BCUT2D eigenvalue weighted by Gasteiger charge is -2.25. The number of carbonyl (C=O) groups excluding carboxylic acids is 2. The Morgan fingerprint density at radius 1 is 1.50 bits per heavy atom. The summed E-state index contributed by atoms with van der Waals surface area (Å²) >= 11 is 6.05. The quantitative estimate of drug-likeness (QED) is 0.839. The molecule has 22 heavy (non-hydrogen) atoms. The number of esters is 1. The standard InChI is InChI=1S/C15H16ClN3O3/c1-3-22-15(21)12-7-17-14-10-5-4-9(16)6-11(10)18(2)13(20)8-19(12)14/h4-7,14,17H,3,8H2,1-2H3. The Bertz CT molecular complexity index is 674. The zero-order valence-electron chi connectivity index (χ0n) is 12.3. The Balaban J connectivity index is 2.02. The highest BCUT2D eigenvalue weighted by molar-refractivity contribution is 6.31. The van der Waals surface area contributed by atoms with Crippen molar-refractivity contribution in [2.24, 2.45) is 0 Å². The van der Waals surface area contributed by atoms with Gasteiger partial charge < -0.3 is 19.9 Å². The minimum Gasteiger partial charge on any atom is -0.461 e. The molecule has 1 atom stereocenters. The van der Waals surface area contributed by atoms with E-state index in [1.54, 1.807) is 42.1 Å². The predicted octanol–water partition coefficient (Wildman–Crippen LogP) is 1.62. The minimum absolute atomic E-state index is 0.0884. The maximum absolute atomic E-state index is 12.4. The van der Waals surface area contributed by atoms with Gasteiger partial charge in [-0.2, -0.15) is 0 Å². The monoisotopic (exact) mass is 321 g/mol. The summed E-state index contributed by atoms with van der Waals surface area (Å²) in [5.41, 5.74) is 1.97. The normalized spacial score (nSPS) is 19.9. The van der Waals surface area contributed by atoms with Gasteiger partial charge in [-0.15, -0.1) is 0 Å². The first-order chi connectivity index (χ1) is 10.5. The van der Waals surface area contributed by atoms with Crippen molar-refractivity contribution in [2.75, 3.05) is 25.1 Å². The molecule has 0 radical (unpaired) electrons. The van der Waals surface area contributed by atoms with Gasteiger partial charge in [0.1, 0.15) is 18.4 Å². The fourth-order valence-corrected chi connectivity index (χ4v) is 2.88. The van der Waals surface area contributed by atoms with Crippen LogP contribution in [0.5, 0.6) is 0 Å². The molecule has 1 aromatic rings. The first-order valence-electron chi connectivity index (χ1n) is 6.99. The summed E-state index contributed by atoms with van der Waals surface area (Å²) < 4.78 is 5.05. The van der Waals surface area contributed by atoms with Gasteiger partial charge in [0, 0.05) is 23.8 Å². The van der Waals surface area contributed by atoms with Gasteiger partial charge in [-0.1, -0.05) is 17.7 Å². The first kappa shape index (κ1) is 14.7. The van der Waals surface area contributed by atoms with Crippen LogP contribution in [0.15, 0.2) is 30.1 Å². The molecule has 2 heterocycles. The molecule has 1 unspecified atom stereocenters. The molecule has 0 saturated heterocycles. The zero-order valence-corrected chi connectivity index (χ0v) is 13.1. The van der Waals surface area contributed by atoms with Crippen LogP contribution in [0.1, 0.15) is 18.7 Å². The highest BCUT2D eigenvalue weighted by atomic mass is 35.5. The minimum atomic E-state index is -0.439. The highest BCUT2D eigenvalue weighted by Crippen LogP contribution is 2.37. The molecule has 2 aliphatic heterocycles. The number of anilines is 1. The zero-order chi connectivity index (χ0) is 15.9. The number of hydrogen-bond donors (Lipinski definition) is 1. The van der Waals surface area contributed by atoms with Gasteiger partial charge in [-0.05, 0) is 19.1 Å². The molecule has 0 bridgehead atoms. The summed E-state index contributed by atoms with van der Waals surface area (Å²) in [7, 11) is 1.70. The van der Waals surface area contributed by atoms with Gasteiger partial charge in [-0.3, -0.25) is 4.79 Å². The maximum Gasteiger partial charge on any atom is 0.356 e. The van der Waals surface area contributed by atoms with Crippen LogP contribution in [0.4, 0.5) is 5.69 Å². The van der Waals surface area contributed by atoms with E-state index in [0.717, 1.165) is 11.3 Å². The molecule has 7 heteroatoms. The molecule has 1 amide bonds. The molecule has 6 nitrogen and oxygen atoms in total. The molecule has 2 aliphatic rings. The maximum atomic E-state index is 12.4. The average Bonchev–Trinajstić information content (AvgIpc) is 2.86. The number of rotatable bonds is 2. The third-order valence-corrected chi connectivity index (χ3v) is 4.05. The Hall–Kier alpha value is -2.21. The van der Waals surface area contributed by atoms with Crippen LogP contribution in [0.2, 0.25) is 5.02 Å². The van der Waals surface area contributed by atoms with Crippen molar-refractivity contribution < 1.29 is 14.3 Å². The molecule has 0 saturated carbocycles. The molecular weight excluding hydrogens is 306 g/mol. The number of ether oxygens (including phenoxy) is 1. The second kappa shape index (κ2) is 5.53. The van der Waals surface area contributed by atoms with Crippen molar-refractivity contribution in [3.05, 3.63) is 40.7 Å². The lowest BCUT2D eigenvalue weighted by Crippen LogP contribution is -2.37. The SMILES string of the molecule is CCOC(=O)C1=CNC2c3ccc(Cl)cc3N(C)C(=O)CN12. The molecule has 116 valence electrons. The topological polar surface area (TPSA) is 61.9 Å². The van der Waals surface area contributed by atoms with E-state index in [-0.39, 0.29) is 25.2 Å². The van der Waals surface area contributed by atoms with Crippen LogP contribution in [0, 0.1) is 0 Å². The van der Waals surface area contributed by atoms with Crippen LogP contribution >= 0.6 is 11.6 Å². The number of nitrogens with one attached hydrogen (secondary N) is 1. The Morgan fingerprint density at radius 3 is 3.00 bits per heavy atom. The van der Waals surface area contributed by atoms with E-state index in [9.17, 15) is 9.59 Å². The van der Waals surface area contributed by atoms with Gasteiger partial charge in [0.15, 0.2) is 0 Å². The summed E-state index contributed by atoms with van der Waals surface area (Å²) in [5.74, 6) is -0.560. The van der Waals surface area contributed by atoms with E-state index in [0.29, 0.717) is 10.7 Å². The third kappa shape index (κ3) is 2.29. The fourth-order valence-electron chi connectivity index (χ4n) is 2.71. The molecule has 3 rings (SSSR count). The van der Waals surface area contributed by atoms with Crippen LogP contribution in [-0.4, -0.2) is 37.0 Å². The summed E-state index contributed by atoms with van der Waals surface area (Å²) in [6, 6.07) is 5.38. The van der Waals surface area contributed by atoms with Crippen molar-refractivity contribution in [1.29, 1.82) is 0 Å². The van der Waals surface area contributed by atoms with Gasteiger partial charge in [-0.25, -0.2) is 4.79 Å². The predicted molar refractivity (Wildman–Crippen MR) is 82.2 cm³/mol. The lowest BCUT2D eigenvalue weighted by atomic mass is 10.1. The first-order valence-corrected chi connectivity index (χ1v) is 7.36. The van der Waals surface area contributed by atoms with Crippen LogP contribution in [0.25, 0.3) is 0 Å². The van der Waals surface area contributed by atoms with E-state index in [1.165, 1.54) is 0 Å². The summed E-state index contributed by atoms with van der Waals surface area (Å²) in [6.07, 6.45) is 1.31. The number of hydrogen-bond acceptors (Lipinski definition) is 5. The van der Waals surface area contributed by atoms with E-state index in [4.69, 9.17) is 16.3 Å². The molecule has 0 aromatic heterocycles. The van der Waals surface area contributed by atoms with Gasteiger partial charge in [0.05, 0.1) is 12.3 Å². The van der Waals surface area contributed by atoms with Gasteiger partial charge in [0.25, 0.3) is 0 Å². The van der Waals surface area contributed by atoms with E-state index in [1.807, 2.05) is 6.07 Å². The van der Waals surface area contributed by atoms with Crippen molar-refractivity contribution >= 4 is 29.2 Å². The van der Waals surface area contributed by atoms with Crippen LogP contribution in [-0.2, 0) is 14.3 Å². The number of carbonyl (C=O) groups is 2. The number of nitrogens with zero attached hydrogens (tertiary/aromatic N) is 2. The van der Waals surface area contributed by atoms with Crippen LogP contribution < -0.4 is 10.2 Å².